The molecule has 2 aromatic rings. The maximum Gasteiger partial charge on any atom is 0.242 e. The molecule has 0 saturated heterocycles. The number of benzene rings is 2. The third-order valence-corrected chi connectivity index (χ3v) is 5.10. The van der Waals surface area contributed by atoms with Gasteiger partial charge in [0, 0.05) is 27.3 Å². The van der Waals surface area contributed by atoms with Crippen molar-refractivity contribution in [2.24, 2.45) is 0 Å². The molecule has 0 radical (unpaired) electrons. The Kier molecular flexibility index (Phi) is 4.75. The number of sulfonamides is 1. The van der Waals surface area contributed by atoms with Gasteiger partial charge in [-0.2, -0.15) is 0 Å². The van der Waals surface area contributed by atoms with Gasteiger partial charge in [0.25, 0.3) is 0 Å². The first-order valence-corrected chi connectivity index (χ1v) is 7.94. The van der Waals surface area contributed by atoms with Crippen molar-refractivity contribution in [3.05, 3.63) is 42.5 Å². The molecule has 2 aromatic carbocycles. The Morgan fingerprint density at radius 3 is 2.50 bits per heavy atom. The predicted octanol–water partition coefficient (Wildman–Crippen LogP) is 2.50. The molecule has 0 saturated carbocycles. The molecule has 0 spiro atoms. The molecule has 20 heavy (non-hydrogen) atoms. The minimum atomic E-state index is -3.43. The van der Waals surface area contributed by atoms with Crippen molar-refractivity contribution < 1.29 is 13.2 Å². The van der Waals surface area contributed by atoms with Crippen LogP contribution in [0.25, 0.3) is 10.8 Å². The van der Waals surface area contributed by atoms with Crippen LogP contribution in [0.5, 0.6) is 0 Å². The summed E-state index contributed by atoms with van der Waals surface area (Å²) in [7, 11) is -0.227. The maximum atomic E-state index is 12.5. The molecular formula is C15H19NO3S. The summed E-state index contributed by atoms with van der Waals surface area (Å²) in [6.45, 7) is 1.00. The summed E-state index contributed by atoms with van der Waals surface area (Å²) >= 11 is 0. The third-order valence-electron chi connectivity index (χ3n) is 3.25. The third kappa shape index (κ3) is 3.17. The molecule has 0 N–H and O–H groups in total. The van der Waals surface area contributed by atoms with Crippen LogP contribution in [-0.4, -0.2) is 40.0 Å². The van der Waals surface area contributed by atoms with Crippen molar-refractivity contribution in [1.29, 1.82) is 0 Å². The smallest absolute Gasteiger partial charge is 0.242 e. The topological polar surface area (TPSA) is 46.6 Å². The zero-order valence-electron chi connectivity index (χ0n) is 11.7. The van der Waals surface area contributed by atoms with Crippen LogP contribution >= 0.6 is 0 Å². The minimum absolute atomic E-state index is 0.330. The zero-order chi connectivity index (χ0) is 14.6. The zero-order valence-corrected chi connectivity index (χ0v) is 12.6. The lowest BCUT2D eigenvalue weighted by molar-refractivity contribution is 0.189. The van der Waals surface area contributed by atoms with Crippen LogP contribution in [0.2, 0.25) is 0 Å². The summed E-state index contributed by atoms with van der Waals surface area (Å²) in [5, 5.41) is 1.97. The van der Waals surface area contributed by atoms with E-state index < -0.39 is 10.0 Å². The maximum absolute atomic E-state index is 12.5. The van der Waals surface area contributed by atoms with Gasteiger partial charge in [-0.15, -0.1) is 0 Å². The van der Waals surface area contributed by atoms with E-state index in [1.165, 1.54) is 4.31 Å². The highest BCUT2D eigenvalue weighted by Gasteiger charge is 2.20. The number of ether oxygens (including phenoxy) is 1. The molecule has 0 aromatic heterocycles. The molecule has 0 amide bonds. The Morgan fingerprint density at radius 1 is 1.10 bits per heavy atom. The van der Waals surface area contributed by atoms with E-state index in [1.54, 1.807) is 26.3 Å². The SMILES string of the molecule is COCCCN(C)S(=O)(=O)c1ccc2ccccc2c1. The monoisotopic (exact) mass is 293 g/mol. The van der Waals surface area contributed by atoms with Crippen LogP contribution in [0.1, 0.15) is 6.42 Å². The molecule has 0 unspecified atom stereocenters. The Morgan fingerprint density at radius 2 is 1.80 bits per heavy atom. The van der Waals surface area contributed by atoms with E-state index >= 15 is 0 Å². The largest absolute Gasteiger partial charge is 0.385 e. The number of methoxy groups -OCH3 is 1. The Labute approximate surface area is 120 Å². The molecule has 4 nitrogen and oxygen atoms in total. The molecule has 2 rings (SSSR count). The van der Waals surface area contributed by atoms with Gasteiger partial charge in [-0.05, 0) is 29.3 Å². The molecule has 0 heterocycles. The molecule has 0 atom stereocenters. The molecule has 0 bridgehead atoms. The number of rotatable bonds is 6. The molecule has 108 valence electrons. The Hall–Kier alpha value is -1.43. The minimum Gasteiger partial charge on any atom is -0.385 e. The van der Waals surface area contributed by atoms with Gasteiger partial charge < -0.3 is 4.74 Å². The standard InChI is InChI=1S/C15H19NO3S/c1-16(10-5-11-19-2)20(17,18)15-9-8-13-6-3-4-7-14(13)12-15/h3-4,6-9,12H,5,10-11H2,1-2H3. The van der Waals surface area contributed by atoms with Gasteiger partial charge in [-0.25, -0.2) is 12.7 Å². The van der Waals surface area contributed by atoms with Crippen LogP contribution in [0.3, 0.4) is 0 Å². The van der Waals surface area contributed by atoms with Crippen LogP contribution < -0.4 is 0 Å². The lowest BCUT2D eigenvalue weighted by Gasteiger charge is -2.17. The molecule has 0 aliphatic carbocycles. The van der Waals surface area contributed by atoms with Crippen molar-refractivity contribution in [2.45, 2.75) is 11.3 Å². The van der Waals surface area contributed by atoms with Crippen molar-refractivity contribution in [2.75, 3.05) is 27.3 Å². The van der Waals surface area contributed by atoms with Crippen LogP contribution in [0, 0.1) is 0 Å². The van der Waals surface area contributed by atoms with Gasteiger partial charge in [0.1, 0.15) is 0 Å². The number of hydrogen-bond acceptors (Lipinski definition) is 3. The van der Waals surface area contributed by atoms with E-state index in [-0.39, 0.29) is 0 Å². The van der Waals surface area contributed by atoms with Crippen molar-refractivity contribution in [3.8, 4) is 0 Å². The molecule has 0 aliphatic rings. The normalized spacial score (nSPS) is 12.2. The van der Waals surface area contributed by atoms with E-state index in [1.807, 2.05) is 30.3 Å². The highest BCUT2D eigenvalue weighted by Crippen LogP contribution is 2.21. The fourth-order valence-corrected chi connectivity index (χ4v) is 3.30. The average Bonchev–Trinajstić information content (AvgIpc) is 2.46. The molecule has 5 heteroatoms. The van der Waals surface area contributed by atoms with Gasteiger partial charge >= 0.3 is 0 Å². The van der Waals surface area contributed by atoms with Gasteiger partial charge in [0.15, 0.2) is 0 Å². The van der Waals surface area contributed by atoms with Gasteiger partial charge in [0.2, 0.25) is 10.0 Å². The van der Waals surface area contributed by atoms with Gasteiger partial charge in [0.05, 0.1) is 4.90 Å². The van der Waals surface area contributed by atoms with Crippen molar-refractivity contribution >= 4 is 20.8 Å². The lowest BCUT2D eigenvalue weighted by atomic mass is 10.1. The van der Waals surface area contributed by atoms with Crippen LogP contribution in [0.4, 0.5) is 0 Å². The summed E-state index contributed by atoms with van der Waals surface area (Å²) in [5.74, 6) is 0. The number of fused-ring (bicyclic) bond motifs is 1. The average molecular weight is 293 g/mol. The first-order chi connectivity index (χ1) is 9.55. The first-order valence-electron chi connectivity index (χ1n) is 6.50. The molecule has 0 aliphatic heterocycles. The number of hydrogen-bond donors (Lipinski definition) is 0. The Balaban J connectivity index is 2.26. The summed E-state index contributed by atoms with van der Waals surface area (Å²) in [5.41, 5.74) is 0. The predicted molar refractivity (Wildman–Crippen MR) is 80.3 cm³/mol. The lowest BCUT2D eigenvalue weighted by Crippen LogP contribution is -2.28. The fourth-order valence-electron chi connectivity index (χ4n) is 2.06. The summed E-state index contributed by atoms with van der Waals surface area (Å²) < 4.78 is 31.2. The van der Waals surface area contributed by atoms with E-state index in [0.29, 0.717) is 24.5 Å². The van der Waals surface area contributed by atoms with Crippen molar-refractivity contribution in [1.82, 2.24) is 4.31 Å². The van der Waals surface area contributed by atoms with Gasteiger partial charge in [-0.3, -0.25) is 0 Å². The molecule has 0 fully saturated rings. The van der Waals surface area contributed by atoms with Crippen LogP contribution in [-0.2, 0) is 14.8 Å². The van der Waals surface area contributed by atoms with E-state index in [4.69, 9.17) is 4.74 Å². The van der Waals surface area contributed by atoms with E-state index in [2.05, 4.69) is 0 Å². The van der Waals surface area contributed by atoms with Gasteiger partial charge in [-0.1, -0.05) is 30.3 Å². The highest BCUT2D eigenvalue weighted by molar-refractivity contribution is 7.89. The fraction of sp³-hybridized carbons (Fsp3) is 0.333. The highest BCUT2D eigenvalue weighted by atomic mass is 32.2. The van der Waals surface area contributed by atoms with E-state index in [0.717, 1.165) is 10.8 Å². The second-order valence-corrected chi connectivity index (χ2v) is 6.73. The second kappa shape index (κ2) is 6.35. The summed E-state index contributed by atoms with van der Waals surface area (Å²) in [6, 6.07) is 12.9. The number of nitrogens with zero attached hydrogens (tertiary/aromatic N) is 1. The van der Waals surface area contributed by atoms with Crippen molar-refractivity contribution in [3.63, 3.8) is 0 Å². The second-order valence-electron chi connectivity index (χ2n) is 4.68. The quantitative estimate of drug-likeness (QED) is 0.769. The Bertz CT molecular complexity index is 682. The summed E-state index contributed by atoms with van der Waals surface area (Å²) in [6.07, 6.45) is 0.680. The molecular weight excluding hydrogens is 274 g/mol. The first kappa shape index (κ1) is 15.0. The summed E-state index contributed by atoms with van der Waals surface area (Å²) in [4.78, 5) is 0.330. The van der Waals surface area contributed by atoms with E-state index in [9.17, 15) is 8.42 Å². The van der Waals surface area contributed by atoms with Crippen LogP contribution in [0.15, 0.2) is 47.4 Å².